The van der Waals surface area contributed by atoms with Crippen molar-refractivity contribution < 1.29 is 39.7 Å². The van der Waals surface area contributed by atoms with Crippen molar-refractivity contribution in [1.29, 1.82) is 0 Å². The number of aliphatic hydroxyl groups is 5. The zero-order valence-corrected chi connectivity index (χ0v) is 16.7. The predicted octanol–water partition coefficient (Wildman–Crippen LogP) is -3.45. The number of nitrogens with one attached hydrogen (secondary N) is 1. The molecule has 0 radical (unpaired) electrons. The topological polar surface area (TPSA) is 226 Å². The third kappa shape index (κ3) is 4.65. The van der Waals surface area contributed by atoms with E-state index in [0.29, 0.717) is 0 Å². The lowest BCUT2D eigenvalue weighted by molar-refractivity contribution is -0.327. The van der Waals surface area contributed by atoms with Crippen molar-refractivity contribution in [3.05, 3.63) is 22.2 Å². The number of fused-ring (bicyclic) bond motifs is 1. The lowest BCUT2D eigenvalue weighted by atomic mass is 9.95. The first-order valence-electron chi connectivity index (χ1n) is 9.37. The van der Waals surface area contributed by atoms with Gasteiger partial charge in [0, 0.05) is 7.11 Å². The van der Waals surface area contributed by atoms with E-state index < -0.39 is 61.2 Å². The number of aromatic amines is 1. The maximum atomic E-state index is 12.0. The number of aliphatic hydroxyl groups excluding tert-OH is 5. The number of nitrogen functional groups attached to an aromatic ring is 1. The van der Waals surface area contributed by atoms with Gasteiger partial charge in [0.1, 0.15) is 36.6 Å². The molecule has 14 heteroatoms. The summed E-state index contributed by atoms with van der Waals surface area (Å²) in [6.07, 6.45) is -9.59. The Bertz CT molecular complexity index is 959. The summed E-state index contributed by atoms with van der Waals surface area (Å²) in [6, 6.07) is 0. The van der Waals surface area contributed by atoms with Gasteiger partial charge in [0.25, 0.3) is 5.56 Å². The molecule has 0 saturated carbocycles. The van der Waals surface area contributed by atoms with Crippen LogP contribution in [0.5, 0.6) is 0 Å². The maximum Gasteiger partial charge on any atom is 0.280 e. The fourth-order valence-electron chi connectivity index (χ4n) is 3.29. The highest BCUT2D eigenvalue weighted by atomic mass is 16.7. The maximum absolute atomic E-state index is 12.0. The van der Waals surface area contributed by atoms with E-state index in [9.17, 15) is 30.3 Å². The van der Waals surface area contributed by atoms with Crippen LogP contribution < -0.4 is 11.3 Å². The monoisotopic (exact) mass is 443 g/mol. The van der Waals surface area contributed by atoms with Gasteiger partial charge in [-0.3, -0.25) is 9.78 Å². The van der Waals surface area contributed by atoms with Crippen LogP contribution in [0.2, 0.25) is 0 Å². The lowest BCUT2D eigenvalue weighted by Gasteiger charge is -2.43. The third-order valence-electron chi connectivity index (χ3n) is 4.97. The van der Waals surface area contributed by atoms with Gasteiger partial charge in [0.15, 0.2) is 17.5 Å². The lowest BCUT2D eigenvalue weighted by Crippen LogP contribution is -2.62. The molecule has 0 aromatic carbocycles. The van der Waals surface area contributed by atoms with Crippen molar-refractivity contribution in [3.8, 4) is 0 Å². The van der Waals surface area contributed by atoms with E-state index >= 15 is 0 Å². The molecule has 1 saturated heterocycles. The SMILES string of the molecule is CO[C@@H]1[C@H](O)[C@@H](O[C@@H](C)[C@H](O)c2cnc3nc(N)[nH]c(=O)c3n2)O[C@H](C(O)CO)[C@H]1O. The molecule has 2 aromatic heterocycles. The number of anilines is 1. The van der Waals surface area contributed by atoms with Crippen LogP contribution in [0, 0.1) is 0 Å². The second-order valence-corrected chi connectivity index (χ2v) is 7.10. The van der Waals surface area contributed by atoms with Crippen LogP contribution in [0.25, 0.3) is 11.2 Å². The summed E-state index contributed by atoms with van der Waals surface area (Å²) in [6.45, 7) is 0.737. The molecular weight excluding hydrogens is 418 g/mol. The van der Waals surface area contributed by atoms with Crippen LogP contribution in [0.15, 0.2) is 11.0 Å². The standard InChI is InChI=1S/C17H25N5O9/c1-5(9(25)6-3-19-14-8(20-6)15(28)22-17(18)21-14)30-16-11(27)13(29-2)10(26)12(31-16)7(24)4-23/h3,5,7,9-13,16,23-27H,4H2,1-2H3,(H3,18,19,21,22,28)/t5-,7?,9-,10+,11-,12+,13-,16-/m0/s1. The Morgan fingerprint density at radius 2 is 2.00 bits per heavy atom. The number of hydrogen-bond donors (Lipinski definition) is 7. The van der Waals surface area contributed by atoms with E-state index in [4.69, 9.17) is 19.9 Å². The first kappa shape index (κ1) is 23.4. The molecule has 8 N–H and O–H groups in total. The van der Waals surface area contributed by atoms with Gasteiger partial charge < -0.3 is 45.5 Å². The second kappa shape index (κ2) is 9.46. The first-order valence-corrected chi connectivity index (χ1v) is 9.37. The zero-order valence-electron chi connectivity index (χ0n) is 16.7. The number of hydrogen-bond acceptors (Lipinski definition) is 13. The van der Waals surface area contributed by atoms with E-state index in [1.165, 1.54) is 20.2 Å². The molecule has 3 heterocycles. The fraction of sp³-hybridized carbons (Fsp3) is 0.647. The van der Waals surface area contributed by atoms with Crippen molar-refractivity contribution in [2.24, 2.45) is 0 Å². The Kier molecular flexibility index (Phi) is 7.13. The van der Waals surface area contributed by atoms with Crippen LogP contribution >= 0.6 is 0 Å². The van der Waals surface area contributed by atoms with Crippen molar-refractivity contribution in [1.82, 2.24) is 19.9 Å². The van der Waals surface area contributed by atoms with Crippen LogP contribution in [-0.4, -0.2) is 102 Å². The minimum atomic E-state index is -1.48. The minimum Gasteiger partial charge on any atom is -0.394 e. The van der Waals surface area contributed by atoms with Crippen molar-refractivity contribution in [2.45, 2.75) is 55.9 Å². The highest BCUT2D eigenvalue weighted by Gasteiger charge is 2.48. The second-order valence-electron chi connectivity index (χ2n) is 7.10. The van der Waals surface area contributed by atoms with Crippen LogP contribution in [-0.2, 0) is 14.2 Å². The van der Waals surface area contributed by atoms with E-state index in [1.54, 1.807) is 0 Å². The Balaban J connectivity index is 1.80. The van der Waals surface area contributed by atoms with Crippen LogP contribution in [0.1, 0.15) is 18.7 Å². The fourth-order valence-corrected chi connectivity index (χ4v) is 3.29. The molecule has 1 unspecified atom stereocenters. The van der Waals surface area contributed by atoms with E-state index in [0.717, 1.165) is 0 Å². The Morgan fingerprint density at radius 1 is 1.29 bits per heavy atom. The molecule has 0 bridgehead atoms. The minimum absolute atomic E-state index is 0.00503. The van der Waals surface area contributed by atoms with Gasteiger partial charge in [0.05, 0.1) is 24.6 Å². The van der Waals surface area contributed by atoms with Gasteiger partial charge in [-0.1, -0.05) is 0 Å². The summed E-state index contributed by atoms with van der Waals surface area (Å²) in [5, 5.41) is 50.3. The van der Waals surface area contributed by atoms with Gasteiger partial charge in [-0.15, -0.1) is 0 Å². The summed E-state index contributed by atoms with van der Waals surface area (Å²) < 4.78 is 16.1. The molecule has 1 aliphatic rings. The smallest absolute Gasteiger partial charge is 0.280 e. The number of methoxy groups -OCH3 is 1. The highest BCUT2D eigenvalue weighted by molar-refractivity contribution is 5.69. The molecule has 1 aliphatic heterocycles. The first-order chi connectivity index (χ1) is 14.7. The average molecular weight is 443 g/mol. The number of nitrogens with two attached hydrogens (primary N) is 1. The number of aromatic nitrogens is 4. The molecule has 8 atom stereocenters. The van der Waals surface area contributed by atoms with Gasteiger partial charge in [-0.05, 0) is 6.92 Å². The van der Waals surface area contributed by atoms with E-state index in [-0.39, 0.29) is 22.8 Å². The number of nitrogens with zero attached hydrogens (tertiary/aromatic N) is 3. The molecule has 0 amide bonds. The summed E-state index contributed by atoms with van der Waals surface area (Å²) in [5.41, 5.74) is 4.66. The van der Waals surface area contributed by atoms with E-state index in [1.807, 2.05) is 0 Å². The van der Waals surface area contributed by atoms with Crippen molar-refractivity contribution >= 4 is 17.1 Å². The molecule has 1 fully saturated rings. The zero-order chi connectivity index (χ0) is 22.9. The number of ether oxygens (including phenoxy) is 3. The Hall–Kier alpha value is -2.30. The normalized spacial score (nSPS) is 29.6. The number of rotatable bonds is 7. The van der Waals surface area contributed by atoms with Gasteiger partial charge in [-0.2, -0.15) is 4.98 Å². The number of H-pyrrole nitrogens is 1. The van der Waals surface area contributed by atoms with Crippen molar-refractivity contribution in [2.75, 3.05) is 19.5 Å². The van der Waals surface area contributed by atoms with Gasteiger partial charge in [0.2, 0.25) is 5.95 Å². The molecule has 3 rings (SSSR count). The summed E-state index contributed by atoms with van der Waals surface area (Å²) in [7, 11) is 1.24. The van der Waals surface area contributed by atoms with Crippen LogP contribution in [0.3, 0.4) is 0 Å². The van der Waals surface area contributed by atoms with E-state index in [2.05, 4.69) is 19.9 Å². The van der Waals surface area contributed by atoms with Crippen LogP contribution in [0.4, 0.5) is 5.95 Å². The predicted molar refractivity (Wildman–Crippen MR) is 102 cm³/mol. The molecule has 2 aromatic rings. The average Bonchev–Trinajstić information content (AvgIpc) is 2.74. The largest absolute Gasteiger partial charge is 0.394 e. The third-order valence-corrected chi connectivity index (χ3v) is 4.97. The molecule has 172 valence electrons. The summed E-state index contributed by atoms with van der Waals surface area (Å²) in [5.74, 6) is -0.130. The van der Waals surface area contributed by atoms with Crippen molar-refractivity contribution in [3.63, 3.8) is 0 Å². The molecule has 0 spiro atoms. The summed E-state index contributed by atoms with van der Waals surface area (Å²) >= 11 is 0. The van der Waals surface area contributed by atoms with Gasteiger partial charge in [-0.25, -0.2) is 9.97 Å². The Morgan fingerprint density at radius 3 is 2.65 bits per heavy atom. The molecule has 0 aliphatic carbocycles. The summed E-state index contributed by atoms with van der Waals surface area (Å²) in [4.78, 5) is 26.1. The molecular formula is C17H25N5O9. The quantitative estimate of drug-likeness (QED) is 0.221. The van der Waals surface area contributed by atoms with Gasteiger partial charge >= 0.3 is 0 Å². The Labute approximate surface area is 175 Å². The highest BCUT2D eigenvalue weighted by Crippen LogP contribution is 2.29. The molecule has 14 nitrogen and oxygen atoms in total. The molecule has 31 heavy (non-hydrogen) atoms.